The number of hydrogen-bond donors (Lipinski definition) is 1. The molecule has 0 bridgehead atoms. The number of benzene rings is 2. The van der Waals surface area contributed by atoms with Gasteiger partial charge in [-0.25, -0.2) is 14.6 Å². The Hall–Kier alpha value is -3.14. The normalized spacial score (nSPS) is 10.7. The van der Waals surface area contributed by atoms with E-state index in [1.807, 2.05) is 0 Å². The molecule has 0 atom stereocenters. The molecule has 0 saturated heterocycles. The lowest BCUT2D eigenvalue weighted by molar-refractivity contribution is 0.102. The van der Waals surface area contributed by atoms with Crippen LogP contribution in [0, 0.1) is 0 Å². The molecule has 2 heterocycles. The third-order valence-corrected chi connectivity index (χ3v) is 5.71. The molecule has 0 radical (unpaired) electrons. The minimum Gasteiger partial charge on any atom is -0.495 e. The molecule has 0 fully saturated rings. The van der Waals surface area contributed by atoms with E-state index in [1.54, 1.807) is 65.6 Å². The van der Waals surface area contributed by atoms with E-state index in [0.717, 1.165) is 0 Å². The Labute approximate surface area is 197 Å². The summed E-state index contributed by atoms with van der Waals surface area (Å²) in [5.41, 5.74) is 1.87. The predicted molar refractivity (Wildman–Crippen MR) is 124 cm³/mol. The van der Waals surface area contributed by atoms with Crippen LogP contribution in [-0.2, 0) is 5.75 Å². The summed E-state index contributed by atoms with van der Waals surface area (Å²) in [6.07, 6.45) is 3.31. The molecule has 1 amide bonds. The van der Waals surface area contributed by atoms with Gasteiger partial charge in [-0.3, -0.25) is 4.79 Å². The smallest absolute Gasteiger partial charge is 0.278 e. The third-order valence-electron chi connectivity index (χ3n) is 4.34. The largest absolute Gasteiger partial charge is 0.495 e. The monoisotopic (exact) mass is 486 g/mol. The number of rotatable bonds is 7. The van der Waals surface area contributed by atoms with Crippen LogP contribution < -0.4 is 10.1 Å². The number of methoxy groups -OCH3 is 1. The molecule has 2 aromatic heterocycles. The van der Waals surface area contributed by atoms with Crippen LogP contribution in [0.4, 0.5) is 5.69 Å². The van der Waals surface area contributed by atoms with Crippen LogP contribution in [0.1, 0.15) is 16.2 Å². The summed E-state index contributed by atoms with van der Waals surface area (Å²) in [5, 5.41) is 12.8. The summed E-state index contributed by atoms with van der Waals surface area (Å²) >= 11 is 13.5. The lowest BCUT2D eigenvalue weighted by Gasteiger charge is -2.11. The van der Waals surface area contributed by atoms with Crippen molar-refractivity contribution in [3.05, 3.63) is 82.4 Å². The number of thioether (sulfide) groups is 1. The van der Waals surface area contributed by atoms with Crippen LogP contribution in [0.5, 0.6) is 5.75 Å². The zero-order valence-corrected chi connectivity index (χ0v) is 19.0. The summed E-state index contributed by atoms with van der Waals surface area (Å²) in [6, 6.07) is 13.8. The van der Waals surface area contributed by atoms with Gasteiger partial charge in [0.05, 0.1) is 24.2 Å². The van der Waals surface area contributed by atoms with E-state index < -0.39 is 5.91 Å². The zero-order chi connectivity index (χ0) is 22.5. The summed E-state index contributed by atoms with van der Waals surface area (Å²) < 4.78 is 6.90. The summed E-state index contributed by atoms with van der Waals surface area (Å²) in [7, 11) is 1.51. The third kappa shape index (κ3) is 5.01. The van der Waals surface area contributed by atoms with E-state index in [2.05, 4.69) is 25.6 Å². The molecule has 4 aromatic rings. The van der Waals surface area contributed by atoms with Gasteiger partial charge in [-0.2, -0.15) is 0 Å². The number of halogens is 2. The Morgan fingerprint density at radius 1 is 1.09 bits per heavy atom. The average Bonchev–Trinajstić information content (AvgIpc) is 3.23. The van der Waals surface area contributed by atoms with Crippen molar-refractivity contribution in [1.82, 2.24) is 25.0 Å². The van der Waals surface area contributed by atoms with Crippen LogP contribution in [-0.4, -0.2) is 38.0 Å². The standard InChI is InChI=1S/C21H16Cl2N6O2S/c1-31-18-8-5-14(23)11-16(18)26-20(30)19-17(12-32-21-24-9-2-10-25-21)29(28-27-19)15-6-3-13(22)4-7-15/h2-11H,12H2,1H3,(H,26,30). The Bertz CT molecular complexity index is 1240. The maximum absolute atomic E-state index is 13.1. The van der Waals surface area contributed by atoms with E-state index in [0.29, 0.717) is 43.8 Å². The fourth-order valence-electron chi connectivity index (χ4n) is 2.85. The minimum atomic E-state index is -0.449. The molecule has 0 aliphatic rings. The van der Waals surface area contributed by atoms with Crippen molar-refractivity contribution in [1.29, 1.82) is 0 Å². The highest BCUT2D eigenvalue weighted by molar-refractivity contribution is 7.98. The number of anilines is 1. The molecule has 2 aromatic carbocycles. The first-order valence-electron chi connectivity index (χ1n) is 9.30. The van der Waals surface area contributed by atoms with Crippen LogP contribution >= 0.6 is 35.0 Å². The van der Waals surface area contributed by atoms with Crippen molar-refractivity contribution in [2.75, 3.05) is 12.4 Å². The van der Waals surface area contributed by atoms with Crippen LogP contribution in [0.2, 0.25) is 10.0 Å². The first-order valence-corrected chi connectivity index (χ1v) is 11.0. The Morgan fingerprint density at radius 3 is 2.53 bits per heavy atom. The number of carbonyl (C=O) groups excluding carboxylic acids is 1. The van der Waals surface area contributed by atoms with Crippen molar-refractivity contribution < 1.29 is 9.53 Å². The quantitative estimate of drug-likeness (QED) is 0.292. The van der Waals surface area contributed by atoms with Crippen molar-refractivity contribution in [2.24, 2.45) is 0 Å². The number of carbonyl (C=O) groups is 1. The van der Waals surface area contributed by atoms with Crippen LogP contribution in [0.3, 0.4) is 0 Å². The molecule has 32 heavy (non-hydrogen) atoms. The molecule has 0 spiro atoms. The van der Waals surface area contributed by atoms with Crippen molar-refractivity contribution in [3.8, 4) is 11.4 Å². The van der Waals surface area contributed by atoms with Gasteiger partial charge in [0.2, 0.25) is 0 Å². The second kappa shape index (κ2) is 9.99. The summed E-state index contributed by atoms with van der Waals surface area (Å²) in [4.78, 5) is 21.6. The minimum absolute atomic E-state index is 0.158. The maximum Gasteiger partial charge on any atom is 0.278 e. The summed E-state index contributed by atoms with van der Waals surface area (Å²) in [6.45, 7) is 0. The molecule has 0 aliphatic carbocycles. The highest BCUT2D eigenvalue weighted by atomic mass is 35.5. The molecule has 8 nitrogen and oxygen atoms in total. The van der Waals surface area contributed by atoms with E-state index in [1.165, 1.54) is 18.9 Å². The molecule has 0 saturated carbocycles. The highest BCUT2D eigenvalue weighted by Crippen LogP contribution is 2.29. The van der Waals surface area contributed by atoms with Gasteiger partial charge in [0, 0.05) is 28.2 Å². The Balaban J connectivity index is 1.68. The molecular formula is C21H16Cl2N6O2S. The van der Waals surface area contributed by atoms with E-state index in [4.69, 9.17) is 27.9 Å². The van der Waals surface area contributed by atoms with Gasteiger partial charge in [0.25, 0.3) is 5.91 Å². The predicted octanol–water partition coefficient (Wildman–Crippen LogP) is 4.92. The topological polar surface area (TPSA) is 94.8 Å². The SMILES string of the molecule is COc1ccc(Cl)cc1NC(=O)c1nnn(-c2ccc(Cl)cc2)c1CSc1ncccn1. The molecule has 0 unspecified atom stereocenters. The lowest BCUT2D eigenvalue weighted by atomic mass is 10.2. The van der Waals surface area contributed by atoms with Crippen molar-refractivity contribution >= 4 is 46.6 Å². The number of nitrogens with one attached hydrogen (secondary N) is 1. The van der Waals surface area contributed by atoms with Gasteiger partial charge in [-0.05, 0) is 48.5 Å². The summed E-state index contributed by atoms with van der Waals surface area (Å²) in [5.74, 6) is 0.381. The second-order valence-corrected chi connectivity index (χ2v) is 8.21. The van der Waals surface area contributed by atoms with Gasteiger partial charge < -0.3 is 10.1 Å². The average molecular weight is 487 g/mol. The van der Waals surface area contributed by atoms with Gasteiger partial charge in [-0.15, -0.1) is 5.10 Å². The molecule has 162 valence electrons. The maximum atomic E-state index is 13.1. The fraction of sp³-hybridized carbons (Fsp3) is 0.0952. The van der Waals surface area contributed by atoms with Crippen molar-refractivity contribution in [2.45, 2.75) is 10.9 Å². The van der Waals surface area contributed by atoms with Crippen molar-refractivity contribution in [3.63, 3.8) is 0 Å². The number of amides is 1. The number of ether oxygens (including phenoxy) is 1. The first-order chi connectivity index (χ1) is 15.5. The van der Waals surface area contributed by atoms with Crippen LogP contribution in [0.15, 0.2) is 66.1 Å². The lowest BCUT2D eigenvalue weighted by Crippen LogP contribution is -2.16. The Kier molecular flexibility index (Phi) is 6.89. The molecular weight excluding hydrogens is 471 g/mol. The molecule has 0 aliphatic heterocycles. The number of nitrogens with zero attached hydrogens (tertiary/aromatic N) is 5. The number of aromatic nitrogens is 5. The highest BCUT2D eigenvalue weighted by Gasteiger charge is 2.22. The van der Waals surface area contributed by atoms with Gasteiger partial charge in [-0.1, -0.05) is 40.2 Å². The van der Waals surface area contributed by atoms with Gasteiger partial charge >= 0.3 is 0 Å². The van der Waals surface area contributed by atoms with E-state index in [-0.39, 0.29) is 5.69 Å². The fourth-order valence-corrected chi connectivity index (χ4v) is 3.94. The van der Waals surface area contributed by atoms with Crippen LogP contribution in [0.25, 0.3) is 5.69 Å². The first kappa shape index (κ1) is 22.1. The van der Waals surface area contributed by atoms with Gasteiger partial charge in [0.15, 0.2) is 10.9 Å². The molecule has 11 heteroatoms. The number of hydrogen-bond acceptors (Lipinski definition) is 7. The van der Waals surface area contributed by atoms with E-state index in [9.17, 15) is 4.79 Å². The van der Waals surface area contributed by atoms with Gasteiger partial charge in [0.1, 0.15) is 5.75 Å². The Morgan fingerprint density at radius 2 is 1.81 bits per heavy atom. The molecule has 4 rings (SSSR count). The molecule has 1 N–H and O–H groups in total. The van der Waals surface area contributed by atoms with E-state index >= 15 is 0 Å². The zero-order valence-electron chi connectivity index (χ0n) is 16.7. The second-order valence-electron chi connectivity index (χ2n) is 6.39.